The van der Waals surface area contributed by atoms with Gasteiger partial charge >= 0.3 is 11.7 Å². The lowest BCUT2D eigenvalue weighted by atomic mass is 9.80. The van der Waals surface area contributed by atoms with E-state index in [2.05, 4.69) is 10.3 Å². The van der Waals surface area contributed by atoms with Gasteiger partial charge in [0.1, 0.15) is 29.9 Å². The van der Waals surface area contributed by atoms with Crippen LogP contribution in [0.5, 0.6) is 0 Å². The van der Waals surface area contributed by atoms with Crippen LogP contribution in [0.25, 0.3) is 0 Å². The van der Waals surface area contributed by atoms with Crippen molar-refractivity contribution in [1.29, 1.82) is 0 Å². The summed E-state index contributed by atoms with van der Waals surface area (Å²) in [7, 11) is 0. The Morgan fingerprint density at radius 3 is 1.90 bits per heavy atom. The van der Waals surface area contributed by atoms with E-state index in [4.69, 9.17) is 14.2 Å². The van der Waals surface area contributed by atoms with Gasteiger partial charge in [-0.25, -0.2) is 4.79 Å². The van der Waals surface area contributed by atoms with Crippen molar-refractivity contribution in [3.63, 3.8) is 0 Å². The van der Waals surface area contributed by atoms with Crippen molar-refractivity contribution < 1.29 is 23.8 Å². The summed E-state index contributed by atoms with van der Waals surface area (Å²) in [5.41, 5.74) is 1.17. The highest BCUT2D eigenvalue weighted by atomic mass is 16.6. The Morgan fingerprint density at radius 2 is 1.44 bits per heavy atom. The zero-order valence-electron chi connectivity index (χ0n) is 22.8. The molecule has 9 nitrogen and oxygen atoms in total. The first-order valence-corrected chi connectivity index (χ1v) is 13.4. The van der Waals surface area contributed by atoms with E-state index in [-0.39, 0.29) is 24.8 Å². The molecule has 0 bridgehead atoms. The number of benzene rings is 3. The molecule has 1 fully saturated rings. The lowest BCUT2D eigenvalue weighted by molar-refractivity contribution is -0.153. The molecule has 0 saturated carbocycles. The normalized spacial score (nSPS) is 18.5. The molecule has 1 amide bonds. The van der Waals surface area contributed by atoms with Crippen LogP contribution >= 0.6 is 0 Å². The zero-order chi connectivity index (χ0) is 28.8. The van der Waals surface area contributed by atoms with Crippen molar-refractivity contribution in [3.05, 3.63) is 130 Å². The van der Waals surface area contributed by atoms with E-state index in [1.807, 2.05) is 91.0 Å². The molecule has 2 heterocycles. The molecule has 41 heavy (non-hydrogen) atoms. The molecule has 1 saturated heterocycles. The summed E-state index contributed by atoms with van der Waals surface area (Å²) in [4.78, 5) is 40.1. The maximum atomic E-state index is 12.8. The second kappa shape index (κ2) is 12.3. The van der Waals surface area contributed by atoms with Gasteiger partial charge in [-0.2, -0.15) is 4.98 Å². The number of hydrogen-bond acceptors (Lipinski definition) is 7. The van der Waals surface area contributed by atoms with Crippen LogP contribution in [0.3, 0.4) is 0 Å². The highest BCUT2D eigenvalue weighted by Gasteiger charge is 2.43. The van der Waals surface area contributed by atoms with Crippen LogP contribution in [0.2, 0.25) is 0 Å². The van der Waals surface area contributed by atoms with Gasteiger partial charge in [-0.05, 0) is 22.8 Å². The van der Waals surface area contributed by atoms with E-state index in [1.165, 1.54) is 30.7 Å². The molecule has 0 aliphatic carbocycles. The Morgan fingerprint density at radius 1 is 0.902 bits per heavy atom. The van der Waals surface area contributed by atoms with Gasteiger partial charge in [0.25, 0.3) is 0 Å². The number of nitrogens with one attached hydrogen (secondary N) is 1. The van der Waals surface area contributed by atoms with Gasteiger partial charge in [0.05, 0.1) is 6.61 Å². The van der Waals surface area contributed by atoms with Crippen LogP contribution in [0.15, 0.2) is 108 Å². The molecule has 1 aromatic heterocycles. The molecule has 0 unspecified atom stereocenters. The molecular formula is C32H31N3O6. The predicted molar refractivity (Wildman–Crippen MR) is 152 cm³/mol. The number of hydrogen-bond donors (Lipinski definition) is 1. The van der Waals surface area contributed by atoms with Crippen LogP contribution in [-0.2, 0) is 29.4 Å². The number of carbonyl (C=O) groups is 2. The van der Waals surface area contributed by atoms with Gasteiger partial charge in [-0.1, -0.05) is 91.0 Å². The first kappa shape index (κ1) is 27.9. The van der Waals surface area contributed by atoms with Gasteiger partial charge < -0.3 is 19.5 Å². The van der Waals surface area contributed by atoms with Crippen molar-refractivity contribution in [2.75, 3.05) is 11.9 Å². The zero-order valence-corrected chi connectivity index (χ0v) is 22.8. The van der Waals surface area contributed by atoms with Crippen molar-refractivity contribution in [3.8, 4) is 0 Å². The molecule has 0 spiro atoms. The number of nitrogens with zero attached hydrogens (tertiary/aromatic N) is 2. The Kier molecular flexibility index (Phi) is 8.37. The van der Waals surface area contributed by atoms with E-state index >= 15 is 0 Å². The maximum Gasteiger partial charge on any atom is 0.351 e. The number of ether oxygens (including phenoxy) is 3. The second-order valence-corrected chi connectivity index (χ2v) is 9.79. The molecule has 4 aromatic rings. The van der Waals surface area contributed by atoms with Gasteiger partial charge in [-0.3, -0.25) is 14.2 Å². The summed E-state index contributed by atoms with van der Waals surface area (Å²) >= 11 is 0. The van der Waals surface area contributed by atoms with Crippen molar-refractivity contribution in [2.24, 2.45) is 0 Å². The van der Waals surface area contributed by atoms with E-state index < -0.39 is 35.7 Å². The summed E-state index contributed by atoms with van der Waals surface area (Å²) in [6.45, 7) is 2.73. The summed E-state index contributed by atoms with van der Waals surface area (Å²) in [5.74, 6) is -0.652. The van der Waals surface area contributed by atoms with Crippen LogP contribution in [0, 0.1) is 0 Å². The standard InChI is InChI=1S/C32H31N3O6/c1-22(36)33-29-18-19-35(31(38)34-29)30-20-27(40-23(2)37)28(41-30)21-39-32(24-12-6-3-7-13-24,25-14-8-4-9-15-25)26-16-10-5-11-17-26/h3-19,27-28,30H,20-21H2,1-2H3,(H,33,34,36,38)/t27-,28+,30+/m0/s1. The Balaban J connectivity index is 1.49. The Labute approximate surface area is 237 Å². The van der Waals surface area contributed by atoms with Crippen LogP contribution in [0.4, 0.5) is 5.82 Å². The van der Waals surface area contributed by atoms with Gasteiger partial charge in [-0.15, -0.1) is 0 Å². The van der Waals surface area contributed by atoms with Gasteiger partial charge in [0.2, 0.25) is 5.91 Å². The minimum Gasteiger partial charge on any atom is -0.460 e. The molecule has 5 rings (SSSR count). The molecule has 1 aliphatic rings. The third kappa shape index (κ3) is 6.11. The highest BCUT2D eigenvalue weighted by molar-refractivity contribution is 5.87. The minimum absolute atomic E-state index is 0.0548. The third-order valence-electron chi connectivity index (χ3n) is 6.95. The number of anilines is 1. The summed E-state index contributed by atoms with van der Waals surface area (Å²) in [5, 5.41) is 2.50. The van der Waals surface area contributed by atoms with Crippen molar-refractivity contribution in [1.82, 2.24) is 9.55 Å². The largest absolute Gasteiger partial charge is 0.460 e. The molecule has 1 aliphatic heterocycles. The molecule has 3 aromatic carbocycles. The number of aromatic nitrogens is 2. The molecule has 1 N–H and O–H groups in total. The first-order chi connectivity index (χ1) is 19.9. The number of carbonyl (C=O) groups excluding carboxylic acids is 2. The minimum atomic E-state index is -0.996. The highest BCUT2D eigenvalue weighted by Crippen LogP contribution is 2.41. The maximum absolute atomic E-state index is 12.8. The molecule has 0 radical (unpaired) electrons. The van der Waals surface area contributed by atoms with E-state index in [1.54, 1.807) is 0 Å². The SMILES string of the molecule is CC(=O)Nc1ccn([C@H]2C[C@H](OC(C)=O)[C@@H](COC(c3ccccc3)(c3ccccc3)c3ccccc3)O2)c(=O)n1. The average molecular weight is 554 g/mol. The Bertz CT molecular complexity index is 1450. The summed E-state index contributed by atoms with van der Waals surface area (Å²) < 4.78 is 20.2. The average Bonchev–Trinajstić information content (AvgIpc) is 3.36. The lowest BCUT2D eigenvalue weighted by Gasteiger charge is -2.37. The monoisotopic (exact) mass is 553 g/mol. The number of rotatable bonds is 9. The van der Waals surface area contributed by atoms with E-state index in [9.17, 15) is 14.4 Å². The van der Waals surface area contributed by atoms with Crippen molar-refractivity contribution >= 4 is 17.7 Å². The van der Waals surface area contributed by atoms with E-state index in [0.717, 1.165) is 16.7 Å². The van der Waals surface area contributed by atoms with Crippen LogP contribution in [-0.4, -0.2) is 40.2 Å². The van der Waals surface area contributed by atoms with Crippen LogP contribution in [0.1, 0.15) is 43.2 Å². The fourth-order valence-electron chi connectivity index (χ4n) is 5.22. The predicted octanol–water partition coefficient (Wildman–Crippen LogP) is 4.43. The lowest BCUT2D eigenvalue weighted by Crippen LogP contribution is -2.39. The molecule has 3 atom stereocenters. The fourth-order valence-corrected chi connectivity index (χ4v) is 5.22. The van der Waals surface area contributed by atoms with Crippen molar-refractivity contribution in [2.45, 2.75) is 44.3 Å². The third-order valence-corrected chi connectivity index (χ3v) is 6.95. The quantitative estimate of drug-likeness (QED) is 0.241. The van der Waals surface area contributed by atoms with Gasteiger partial charge in [0, 0.05) is 26.5 Å². The number of esters is 1. The fraction of sp³-hybridized carbons (Fsp3) is 0.250. The Hall–Kier alpha value is -4.60. The summed E-state index contributed by atoms with van der Waals surface area (Å²) in [6.07, 6.45) is -0.370. The molecular weight excluding hydrogens is 522 g/mol. The second-order valence-electron chi connectivity index (χ2n) is 9.79. The smallest absolute Gasteiger partial charge is 0.351 e. The van der Waals surface area contributed by atoms with Gasteiger partial charge in [0.15, 0.2) is 0 Å². The summed E-state index contributed by atoms with van der Waals surface area (Å²) in [6, 6.07) is 31.3. The van der Waals surface area contributed by atoms with Crippen LogP contribution < -0.4 is 11.0 Å². The van der Waals surface area contributed by atoms with E-state index in [0.29, 0.717) is 0 Å². The number of amides is 1. The topological polar surface area (TPSA) is 109 Å². The molecule has 210 valence electrons. The molecule has 9 heteroatoms. The first-order valence-electron chi connectivity index (χ1n) is 13.4.